The fourth-order valence-corrected chi connectivity index (χ4v) is 5.08. The fraction of sp³-hybridized carbons (Fsp3) is 0.353. The third kappa shape index (κ3) is 5.02. The quantitative estimate of drug-likeness (QED) is 0.767. The molecule has 0 saturated heterocycles. The monoisotopic (exact) mass is 384 g/mol. The molecule has 2 amide bonds. The van der Waals surface area contributed by atoms with E-state index < -0.39 is 26.9 Å². The SMILES string of the molecule is CCC(C)NC(=O)NCC(c1ccc(F)cc1)S(=O)(=O)c1cccs1. The van der Waals surface area contributed by atoms with Crippen LogP contribution in [0, 0.1) is 5.82 Å². The van der Waals surface area contributed by atoms with Crippen LogP contribution in [-0.4, -0.2) is 27.0 Å². The van der Waals surface area contributed by atoms with E-state index in [2.05, 4.69) is 10.6 Å². The minimum atomic E-state index is -3.70. The maximum Gasteiger partial charge on any atom is 0.315 e. The van der Waals surface area contributed by atoms with Gasteiger partial charge in [0, 0.05) is 12.6 Å². The molecule has 2 rings (SSSR count). The number of rotatable bonds is 7. The van der Waals surface area contributed by atoms with Gasteiger partial charge < -0.3 is 10.6 Å². The van der Waals surface area contributed by atoms with Crippen molar-refractivity contribution in [3.8, 4) is 0 Å². The van der Waals surface area contributed by atoms with E-state index in [1.54, 1.807) is 11.4 Å². The van der Waals surface area contributed by atoms with E-state index in [0.29, 0.717) is 5.56 Å². The number of carbonyl (C=O) groups excluding carboxylic acids is 1. The Morgan fingerprint density at radius 3 is 2.48 bits per heavy atom. The van der Waals surface area contributed by atoms with Gasteiger partial charge in [-0.25, -0.2) is 17.6 Å². The third-order valence-electron chi connectivity index (χ3n) is 3.83. The first-order valence-corrected chi connectivity index (χ1v) is 10.3. The lowest BCUT2D eigenvalue weighted by Crippen LogP contribution is -2.42. The molecule has 0 aliphatic heterocycles. The van der Waals surface area contributed by atoms with Crippen LogP contribution in [0.5, 0.6) is 0 Å². The molecule has 0 bridgehead atoms. The highest BCUT2D eigenvalue weighted by Gasteiger charge is 2.30. The molecule has 0 fully saturated rings. The number of urea groups is 1. The summed E-state index contributed by atoms with van der Waals surface area (Å²) in [4.78, 5) is 11.9. The van der Waals surface area contributed by atoms with E-state index in [-0.39, 0.29) is 16.8 Å². The summed E-state index contributed by atoms with van der Waals surface area (Å²) >= 11 is 1.11. The van der Waals surface area contributed by atoms with Gasteiger partial charge in [-0.05, 0) is 42.5 Å². The molecule has 0 radical (unpaired) electrons. The first-order valence-electron chi connectivity index (χ1n) is 7.91. The first kappa shape index (κ1) is 19.4. The molecule has 0 aliphatic rings. The summed E-state index contributed by atoms with van der Waals surface area (Å²) in [5, 5.41) is 6.03. The molecule has 2 unspecified atom stereocenters. The second-order valence-corrected chi connectivity index (χ2v) is 8.99. The zero-order valence-corrected chi connectivity index (χ0v) is 15.7. The Bertz CT molecular complexity index is 790. The van der Waals surface area contributed by atoms with Crippen LogP contribution in [0.1, 0.15) is 31.1 Å². The van der Waals surface area contributed by atoms with Gasteiger partial charge in [0.25, 0.3) is 0 Å². The largest absolute Gasteiger partial charge is 0.336 e. The van der Waals surface area contributed by atoms with Gasteiger partial charge in [0.15, 0.2) is 9.84 Å². The number of halogens is 1. The van der Waals surface area contributed by atoms with Crippen LogP contribution in [0.3, 0.4) is 0 Å². The predicted molar refractivity (Wildman–Crippen MR) is 96.9 cm³/mol. The first-order chi connectivity index (χ1) is 11.8. The van der Waals surface area contributed by atoms with Crippen LogP contribution in [0.2, 0.25) is 0 Å². The number of benzene rings is 1. The lowest BCUT2D eigenvalue weighted by molar-refractivity contribution is 0.237. The molecule has 2 aromatic rings. The van der Waals surface area contributed by atoms with E-state index in [4.69, 9.17) is 0 Å². The molecular weight excluding hydrogens is 363 g/mol. The van der Waals surface area contributed by atoms with Crippen molar-refractivity contribution in [2.24, 2.45) is 0 Å². The molecule has 0 spiro atoms. The van der Waals surface area contributed by atoms with Gasteiger partial charge in [0.2, 0.25) is 0 Å². The second kappa shape index (κ2) is 8.44. The van der Waals surface area contributed by atoms with Crippen molar-refractivity contribution in [1.82, 2.24) is 10.6 Å². The number of carbonyl (C=O) groups is 1. The Morgan fingerprint density at radius 2 is 1.92 bits per heavy atom. The van der Waals surface area contributed by atoms with E-state index in [9.17, 15) is 17.6 Å². The van der Waals surface area contributed by atoms with Crippen LogP contribution in [0.25, 0.3) is 0 Å². The van der Waals surface area contributed by atoms with Crippen molar-refractivity contribution < 1.29 is 17.6 Å². The van der Waals surface area contributed by atoms with E-state index in [1.165, 1.54) is 30.3 Å². The van der Waals surface area contributed by atoms with Gasteiger partial charge in [-0.1, -0.05) is 25.1 Å². The van der Waals surface area contributed by atoms with Crippen molar-refractivity contribution in [1.29, 1.82) is 0 Å². The topological polar surface area (TPSA) is 75.3 Å². The van der Waals surface area contributed by atoms with Crippen LogP contribution < -0.4 is 10.6 Å². The lowest BCUT2D eigenvalue weighted by atomic mass is 10.1. The highest BCUT2D eigenvalue weighted by atomic mass is 32.2. The molecule has 2 N–H and O–H groups in total. The highest BCUT2D eigenvalue weighted by molar-refractivity contribution is 7.93. The minimum Gasteiger partial charge on any atom is -0.336 e. The van der Waals surface area contributed by atoms with E-state index in [1.807, 2.05) is 13.8 Å². The summed E-state index contributed by atoms with van der Waals surface area (Å²) in [7, 11) is -3.70. The van der Waals surface area contributed by atoms with Gasteiger partial charge in [-0.2, -0.15) is 0 Å². The summed E-state index contributed by atoms with van der Waals surface area (Å²) < 4.78 is 39.2. The Labute approximate surface area is 151 Å². The average Bonchev–Trinajstić information content (AvgIpc) is 3.11. The molecule has 2 atom stereocenters. The second-order valence-electron chi connectivity index (χ2n) is 5.68. The molecular formula is C17H21FN2O3S2. The van der Waals surface area contributed by atoms with Crippen molar-refractivity contribution in [3.05, 3.63) is 53.2 Å². The van der Waals surface area contributed by atoms with Crippen LogP contribution in [0.4, 0.5) is 9.18 Å². The molecule has 1 aromatic heterocycles. The summed E-state index contributed by atoms with van der Waals surface area (Å²) in [5.74, 6) is -0.446. The molecule has 0 aliphatic carbocycles. The Balaban J connectivity index is 2.24. The molecule has 8 heteroatoms. The van der Waals surface area contributed by atoms with E-state index in [0.717, 1.165) is 17.8 Å². The van der Waals surface area contributed by atoms with Crippen molar-refractivity contribution in [3.63, 3.8) is 0 Å². The summed E-state index contributed by atoms with van der Waals surface area (Å²) in [6.07, 6.45) is 0.766. The maximum absolute atomic E-state index is 13.2. The third-order valence-corrected chi connectivity index (χ3v) is 7.36. The zero-order valence-electron chi connectivity index (χ0n) is 14.0. The molecule has 5 nitrogen and oxygen atoms in total. The molecule has 136 valence electrons. The lowest BCUT2D eigenvalue weighted by Gasteiger charge is -2.19. The van der Waals surface area contributed by atoms with E-state index >= 15 is 0 Å². The number of thiophene rings is 1. The highest BCUT2D eigenvalue weighted by Crippen LogP contribution is 2.31. The predicted octanol–water partition coefficient (Wildman–Crippen LogP) is 3.50. The Kier molecular flexibility index (Phi) is 6.55. The standard InChI is InChI=1S/C17H21FN2O3S2/c1-3-12(2)20-17(21)19-11-15(13-6-8-14(18)9-7-13)25(22,23)16-5-4-10-24-16/h4-10,12,15H,3,11H2,1-2H3,(H2,19,20,21). The van der Waals surface area contributed by atoms with Crippen molar-refractivity contribution in [2.75, 3.05) is 6.54 Å². The number of hydrogen-bond acceptors (Lipinski definition) is 4. The van der Waals surface area contributed by atoms with Gasteiger partial charge in [0.1, 0.15) is 15.3 Å². The van der Waals surface area contributed by atoms with Gasteiger partial charge in [-0.15, -0.1) is 11.3 Å². The summed E-state index contributed by atoms with van der Waals surface area (Å²) in [6, 6.07) is 8.02. The maximum atomic E-state index is 13.2. The number of sulfone groups is 1. The number of nitrogens with one attached hydrogen (secondary N) is 2. The summed E-state index contributed by atoms with van der Waals surface area (Å²) in [6.45, 7) is 3.70. The Hall–Kier alpha value is -1.93. The van der Waals surface area contributed by atoms with Crippen LogP contribution in [0.15, 0.2) is 46.0 Å². The normalized spacial score (nSPS) is 13.9. The van der Waals surface area contributed by atoms with Gasteiger partial charge in [-0.3, -0.25) is 0 Å². The van der Waals surface area contributed by atoms with Gasteiger partial charge in [0.05, 0.1) is 0 Å². The smallest absolute Gasteiger partial charge is 0.315 e. The Morgan fingerprint density at radius 1 is 1.24 bits per heavy atom. The molecule has 1 aromatic carbocycles. The van der Waals surface area contributed by atoms with Gasteiger partial charge >= 0.3 is 6.03 Å². The number of hydrogen-bond donors (Lipinski definition) is 2. The van der Waals surface area contributed by atoms with Crippen LogP contribution >= 0.6 is 11.3 Å². The molecule has 0 saturated carbocycles. The molecule has 1 heterocycles. The van der Waals surface area contributed by atoms with Crippen molar-refractivity contribution in [2.45, 2.75) is 35.8 Å². The average molecular weight is 384 g/mol. The number of amides is 2. The van der Waals surface area contributed by atoms with Crippen molar-refractivity contribution >= 4 is 27.2 Å². The minimum absolute atomic E-state index is 0.0156. The van der Waals surface area contributed by atoms with Crippen LogP contribution in [-0.2, 0) is 9.84 Å². The molecule has 25 heavy (non-hydrogen) atoms. The fourth-order valence-electron chi connectivity index (χ4n) is 2.21. The zero-order chi connectivity index (χ0) is 18.4. The summed E-state index contributed by atoms with van der Waals surface area (Å²) in [5.41, 5.74) is 0.429.